The van der Waals surface area contributed by atoms with E-state index in [0.29, 0.717) is 16.6 Å². The van der Waals surface area contributed by atoms with Crippen LogP contribution in [-0.4, -0.2) is 36.3 Å². The van der Waals surface area contributed by atoms with Crippen molar-refractivity contribution >= 4 is 11.8 Å². The van der Waals surface area contributed by atoms with E-state index in [4.69, 9.17) is 4.74 Å². The molecule has 1 rings (SSSR count). The maximum Gasteiger partial charge on any atom is 0.0666 e. The Labute approximate surface area is 98.5 Å². The van der Waals surface area contributed by atoms with Gasteiger partial charge in [0.25, 0.3) is 0 Å². The van der Waals surface area contributed by atoms with Crippen LogP contribution >= 0.6 is 11.8 Å². The lowest BCUT2D eigenvalue weighted by Gasteiger charge is -2.19. The summed E-state index contributed by atoms with van der Waals surface area (Å²) in [5.74, 6) is 0. The van der Waals surface area contributed by atoms with Crippen molar-refractivity contribution in [3.8, 4) is 0 Å². The summed E-state index contributed by atoms with van der Waals surface area (Å²) >= 11 is 2.09. The Balaban J connectivity index is 2.04. The first-order chi connectivity index (χ1) is 7.24. The molecule has 2 nitrogen and oxygen atoms in total. The number of thioether (sulfide) groups is 1. The largest absolute Gasteiger partial charge is 0.377 e. The fourth-order valence-corrected chi connectivity index (χ4v) is 3.19. The lowest BCUT2D eigenvalue weighted by molar-refractivity contribution is 0.127. The second kappa shape index (κ2) is 7.53. The molecule has 0 radical (unpaired) electrons. The smallest absolute Gasteiger partial charge is 0.0666 e. The van der Waals surface area contributed by atoms with E-state index in [1.54, 1.807) is 0 Å². The van der Waals surface area contributed by atoms with Gasteiger partial charge in [-0.3, -0.25) is 0 Å². The molecule has 1 aliphatic heterocycles. The molecule has 1 N–H and O–H groups in total. The Hall–Kier alpha value is 0.270. The highest BCUT2D eigenvalue weighted by atomic mass is 32.2. The quantitative estimate of drug-likeness (QED) is 0.681. The van der Waals surface area contributed by atoms with Crippen LogP contribution in [0.5, 0.6) is 0 Å². The molecule has 3 atom stereocenters. The maximum absolute atomic E-state index is 5.57. The van der Waals surface area contributed by atoms with Crippen LogP contribution in [0.3, 0.4) is 0 Å². The number of unbranched alkanes of at least 4 members (excludes halogenated alkanes) is 1. The van der Waals surface area contributed by atoms with Gasteiger partial charge >= 0.3 is 0 Å². The average Bonchev–Trinajstić information content (AvgIpc) is 2.59. The lowest BCUT2D eigenvalue weighted by atomic mass is 10.3. The Morgan fingerprint density at radius 3 is 2.93 bits per heavy atom. The van der Waals surface area contributed by atoms with Gasteiger partial charge in [-0.1, -0.05) is 20.3 Å². The number of rotatable bonds is 7. The van der Waals surface area contributed by atoms with E-state index in [1.165, 1.54) is 19.3 Å². The number of hydrogen-bond donors (Lipinski definition) is 1. The molecular formula is C12H25NOS. The van der Waals surface area contributed by atoms with Crippen LogP contribution in [-0.2, 0) is 4.74 Å². The van der Waals surface area contributed by atoms with Crippen molar-refractivity contribution in [2.75, 3.05) is 19.7 Å². The van der Waals surface area contributed by atoms with Gasteiger partial charge in [0.05, 0.1) is 6.10 Å². The third-order valence-electron chi connectivity index (χ3n) is 2.85. The summed E-state index contributed by atoms with van der Waals surface area (Å²) in [6.07, 6.45) is 4.25. The first-order valence-electron chi connectivity index (χ1n) is 6.21. The SMILES string of the molecule is CCCCNCC(C)SC1CCOC1C. The summed E-state index contributed by atoms with van der Waals surface area (Å²) in [7, 11) is 0. The second-order valence-corrected chi connectivity index (χ2v) is 6.09. The molecule has 0 aromatic rings. The van der Waals surface area contributed by atoms with Crippen molar-refractivity contribution in [1.29, 1.82) is 0 Å². The molecule has 90 valence electrons. The van der Waals surface area contributed by atoms with Gasteiger partial charge in [-0.25, -0.2) is 0 Å². The Morgan fingerprint density at radius 2 is 2.33 bits per heavy atom. The molecule has 0 bridgehead atoms. The fraction of sp³-hybridized carbons (Fsp3) is 1.00. The molecule has 0 amide bonds. The van der Waals surface area contributed by atoms with Crippen molar-refractivity contribution in [2.24, 2.45) is 0 Å². The predicted octanol–water partition coefficient (Wildman–Crippen LogP) is 2.68. The molecule has 0 aromatic heterocycles. The summed E-state index contributed by atoms with van der Waals surface area (Å²) in [5.41, 5.74) is 0. The molecule has 0 spiro atoms. The number of ether oxygens (including phenoxy) is 1. The normalized spacial score (nSPS) is 28.2. The molecule has 1 aliphatic rings. The summed E-state index contributed by atoms with van der Waals surface area (Å²) in [4.78, 5) is 0. The average molecular weight is 231 g/mol. The molecule has 3 heteroatoms. The highest BCUT2D eigenvalue weighted by molar-refractivity contribution is 8.00. The van der Waals surface area contributed by atoms with Gasteiger partial charge in [0.15, 0.2) is 0 Å². The lowest BCUT2D eigenvalue weighted by Crippen LogP contribution is -2.26. The van der Waals surface area contributed by atoms with Gasteiger partial charge < -0.3 is 10.1 Å². The third-order valence-corrected chi connectivity index (χ3v) is 4.45. The standard InChI is InChI=1S/C12H25NOS/c1-4-5-7-13-9-10(2)15-12-6-8-14-11(12)3/h10-13H,4-9H2,1-3H3. The van der Waals surface area contributed by atoms with Gasteiger partial charge in [-0.15, -0.1) is 0 Å². The monoisotopic (exact) mass is 231 g/mol. The molecule has 0 aliphatic carbocycles. The fourth-order valence-electron chi connectivity index (χ4n) is 1.84. The van der Waals surface area contributed by atoms with Crippen molar-refractivity contribution < 1.29 is 4.74 Å². The molecular weight excluding hydrogens is 206 g/mol. The highest BCUT2D eigenvalue weighted by Crippen LogP contribution is 2.29. The first-order valence-corrected chi connectivity index (χ1v) is 7.16. The second-order valence-electron chi connectivity index (χ2n) is 4.41. The van der Waals surface area contributed by atoms with Gasteiger partial charge in [0, 0.05) is 23.7 Å². The Bertz CT molecular complexity index is 166. The molecule has 0 saturated carbocycles. The van der Waals surface area contributed by atoms with Crippen LogP contribution in [0, 0.1) is 0 Å². The van der Waals surface area contributed by atoms with Gasteiger partial charge in [0.2, 0.25) is 0 Å². The molecule has 1 saturated heterocycles. The van der Waals surface area contributed by atoms with Crippen LogP contribution in [0.15, 0.2) is 0 Å². The molecule has 15 heavy (non-hydrogen) atoms. The Kier molecular flexibility index (Phi) is 6.69. The zero-order chi connectivity index (χ0) is 11.1. The Morgan fingerprint density at radius 1 is 1.53 bits per heavy atom. The van der Waals surface area contributed by atoms with Crippen LogP contribution in [0.1, 0.15) is 40.0 Å². The van der Waals surface area contributed by atoms with Crippen LogP contribution in [0.25, 0.3) is 0 Å². The number of hydrogen-bond acceptors (Lipinski definition) is 3. The summed E-state index contributed by atoms with van der Waals surface area (Å²) in [6, 6.07) is 0. The van der Waals surface area contributed by atoms with Crippen molar-refractivity contribution in [2.45, 2.75) is 56.6 Å². The van der Waals surface area contributed by atoms with Crippen molar-refractivity contribution in [3.05, 3.63) is 0 Å². The zero-order valence-corrected chi connectivity index (χ0v) is 11.1. The first kappa shape index (κ1) is 13.3. The van der Waals surface area contributed by atoms with E-state index < -0.39 is 0 Å². The zero-order valence-electron chi connectivity index (χ0n) is 10.3. The van der Waals surface area contributed by atoms with E-state index in [9.17, 15) is 0 Å². The van der Waals surface area contributed by atoms with E-state index in [0.717, 1.165) is 19.7 Å². The van der Waals surface area contributed by atoms with Crippen LogP contribution in [0.4, 0.5) is 0 Å². The van der Waals surface area contributed by atoms with Crippen molar-refractivity contribution in [1.82, 2.24) is 5.32 Å². The highest BCUT2D eigenvalue weighted by Gasteiger charge is 2.26. The maximum atomic E-state index is 5.57. The predicted molar refractivity (Wildman–Crippen MR) is 68.6 cm³/mol. The minimum absolute atomic E-state index is 0.452. The summed E-state index contributed by atoms with van der Waals surface area (Å²) in [6.45, 7) is 9.99. The minimum Gasteiger partial charge on any atom is -0.377 e. The van der Waals surface area contributed by atoms with Crippen LogP contribution in [0.2, 0.25) is 0 Å². The van der Waals surface area contributed by atoms with E-state index in [-0.39, 0.29) is 0 Å². The summed E-state index contributed by atoms with van der Waals surface area (Å²) < 4.78 is 5.57. The van der Waals surface area contributed by atoms with E-state index in [2.05, 4.69) is 37.8 Å². The molecule has 3 unspecified atom stereocenters. The summed E-state index contributed by atoms with van der Waals surface area (Å²) in [5, 5.41) is 4.93. The van der Waals surface area contributed by atoms with Crippen molar-refractivity contribution in [3.63, 3.8) is 0 Å². The van der Waals surface area contributed by atoms with Crippen LogP contribution < -0.4 is 5.32 Å². The van der Waals surface area contributed by atoms with Gasteiger partial charge in [-0.05, 0) is 26.3 Å². The molecule has 1 heterocycles. The topological polar surface area (TPSA) is 21.3 Å². The van der Waals surface area contributed by atoms with E-state index in [1.807, 2.05) is 0 Å². The van der Waals surface area contributed by atoms with Gasteiger partial charge in [-0.2, -0.15) is 11.8 Å². The van der Waals surface area contributed by atoms with Gasteiger partial charge in [0.1, 0.15) is 0 Å². The number of nitrogens with one attached hydrogen (secondary N) is 1. The van der Waals surface area contributed by atoms with E-state index >= 15 is 0 Å². The third kappa shape index (κ3) is 5.23. The minimum atomic E-state index is 0.452. The molecule has 0 aromatic carbocycles. The molecule has 1 fully saturated rings.